The first-order chi connectivity index (χ1) is 5.81. The highest BCUT2D eigenvalue weighted by Crippen LogP contribution is 1.97. The van der Waals surface area contributed by atoms with Gasteiger partial charge in [-0.1, -0.05) is 6.08 Å². The molecule has 0 aromatic rings. The predicted molar refractivity (Wildman–Crippen MR) is 48.1 cm³/mol. The van der Waals surface area contributed by atoms with Crippen LogP contribution in [0, 0.1) is 0 Å². The monoisotopic (exact) mass is 174 g/mol. The van der Waals surface area contributed by atoms with Crippen LogP contribution >= 0.6 is 0 Å². The van der Waals surface area contributed by atoms with Crippen molar-refractivity contribution in [1.82, 2.24) is 0 Å². The highest BCUT2D eigenvalue weighted by atomic mass is 16.5. The summed E-state index contributed by atoms with van der Waals surface area (Å²) in [5, 5.41) is 9.22. The molecule has 0 aromatic carbocycles. The quantitative estimate of drug-likeness (QED) is 0.440. The maximum atomic E-state index is 9.22. The molecule has 3 heteroatoms. The molecule has 3 nitrogen and oxygen atoms in total. The van der Waals surface area contributed by atoms with E-state index in [1.807, 2.05) is 0 Å². The van der Waals surface area contributed by atoms with Gasteiger partial charge in [-0.2, -0.15) is 0 Å². The Hall–Kier alpha value is -0.380. The number of methoxy groups -OCH3 is 1. The minimum atomic E-state index is -0.315. The summed E-state index contributed by atoms with van der Waals surface area (Å²) >= 11 is 0. The minimum Gasteiger partial charge on any atom is -0.393 e. The highest BCUT2D eigenvalue weighted by Gasteiger charge is 1.99. The summed E-state index contributed by atoms with van der Waals surface area (Å²) in [5.74, 6) is 0. The molecule has 0 radical (unpaired) electrons. The van der Waals surface area contributed by atoms with Crippen LogP contribution in [0.15, 0.2) is 12.7 Å². The van der Waals surface area contributed by atoms with E-state index in [4.69, 9.17) is 9.47 Å². The summed E-state index contributed by atoms with van der Waals surface area (Å²) in [6, 6.07) is 0. The lowest BCUT2D eigenvalue weighted by Gasteiger charge is -2.07. The van der Waals surface area contributed by atoms with Crippen LogP contribution in [-0.2, 0) is 9.47 Å². The Kier molecular flexibility index (Phi) is 8.44. The van der Waals surface area contributed by atoms with Gasteiger partial charge in [0, 0.05) is 13.7 Å². The van der Waals surface area contributed by atoms with Crippen LogP contribution in [0.5, 0.6) is 0 Å². The fourth-order valence-corrected chi connectivity index (χ4v) is 0.774. The Morgan fingerprint density at radius 3 is 2.75 bits per heavy atom. The third-order valence-corrected chi connectivity index (χ3v) is 1.47. The molecule has 0 rings (SSSR count). The Morgan fingerprint density at radius 2 is 2.17 bits per heavy atom. The second-order valence-corrected chi connectivity index (χ2v) is 2.57. The summed E-state index contributed by atoms with van der Waals surface area (Å²) in [6.07, 6.45) is 2.69. The van der Waals surface area contributed by atoms with E-state index in [2.05, 4.69) is 6.58 Å². The van der Waals surface area contributed by atoms with Gasteiger partial charge in [-0.3, -0.25) is 0 Å². The van der Waals surface area contributed by atoms with Gasteiger partial charge in [0.15, 0.2) is 0 Å². The Balaban J connectivity index is 3.02. The number of aliphatic hydroxyl groups excluding tert-OH is 1. The van der Waals surface area contributed by atoms with E-state index >= 15 is 0 Å². The van der Waals surface area contributed by atoms with Crippen LogP contribution in [0.25, 0.3) is 0 Å². The van der Waals surface area contributed by atoms with Gasteiger partial charge in [0.2, 0.25) is 0 Å². The van der Waals surface area contributed by atoms with Crippen LogP contribution in [0.1, 0.15) is 12.8 Å². The van der Waals surface area contributed by atoms with E-state index in [0.29, 0.717) is 32.7 Å². The fraction of sp³-hybridized carbons (Fsp3) is 0.778. The zero-order valence-corrected chi connectivity index (χ0v) is 7.66. The van der Waals surface area contributed by atoms with Gasteiger partial charge in [-0.15, -0.1) is 6.58 Å². The van der Waals surface area contributed by atoms with Crippen LogP contribution in [0.4, 0.5) is 0 Å². The summed E-state index contributed by atoms with van der Waals surface area (Å²) in [4.78, 5) is 0. The number of ether oxygens (including phenoxy) is 2. The molecule has 0 aromatic heterocycles. The molecule has 0 aliphatic heterocycles. The molecule has 0 amide bonds. The molecular formula is C9H18O3. The zero-order valence-electron chi connectivity index (χ0n) is 7.66. The van der Waals surface area contributed by atoms with Gasteiger partial charge in [0.25, 0.3) is 0 Å². The average molecular weight is 174 g/mol. The third-order valence-electron chi connectivity index (χ3n) is 1.47. The molecule has 0 fully saturated rings. The average Bonchev–Trinajstić information content (AvgIpc) is 2.05. The molecule has 0 saturated carbocycles. The second kappa shape index (κ2) is 8.71. The minimum absolute atomic E-state index is 0.315. The molecular weight excluding hydrogens is 156 g/mol. The molecule has 0 aliphatic rings. The van der Waals surface area contributed by atoms with E-state index in [9.17, 15) is 5.11 Å². The summed E-state index contributed by atoms with van der Waals surface area (Å²) in [7, 11) is 1.63. The van der Waals surface area contributed by atoms with Crippen LogP contribution in [-0.4, -0.2) is 38.1 Å². The van der Waals surface area contributed by atoms with Crippen molar-refractivity contribution < 1.29 is 14.6 Å². The van der Waals surface area contributed by atoms with E-state index < -0.39 is 0 Å². The van der Waals surface area contributed by atoms with E-state index in [1.165, 1.54) is 0 Å². The predicted octanol–water partition coefficient (Wildman–Crippen LogP) is 0.976. The Morgan fingerprint density at radius 1 is 1.42 bits per heavy atom. The SMILES string of the molecule is C=CCC(O)CCOCCOC. The largest absolute Gasteiger partial charge is 0.393 e. The topological polar surface area (TPSA) is 38.7 Å². The smallest absolute Gasteiger partial charge is 0.0700 e. The van der Waals surface area contributed by atoms with Crippen molar-refractivity contribution >= 4 is 0 Å². The molecule has 1 N–H and O–H groups in total. The molecule has 12 heavy (non-hydrogen) atoms. The van der Waals surface area contributed by atoms with Crippen molar-refractivity contribution in [3.8, 4) is 0 Å². The van der Waals surface area contributed by atoms with Crippen molar-refractivity contribution in [3.05, 3.63) is 12.7 Å². The summed E-state index contributed by atoms with van der Waals surface area (Å²) in [5.41, 5.74) is 0. The van der Waals surface area contributed by atoms with E-state index in [0.717, 1.165) is 0 Å². The van der Waals surface area contributed by atoms with Crippen LogP contribution in [0.3, 0.4) is 0 Å². The number of rotatable bonds is 8. The van der Waals surface area contributed by atoms with Crippen molar-refractivity contribution in [1.29, 1.82) is 0 Å². The zero-order chi connectivity index (χ0) is 9.23. The Labute approximate surface area is 74.0 Å². The standard InChI is InChI=1S/C9H18O3/c1-3-4-9(10)5-6-12-8-7-11-2/h3,9-10H,1,4-8H2,2H3. The number of hydrogen-bond donors (Lipinski definition) is 1. The molecule has 1 atom stereocenters. The first kappa shape index (κ1) is 11.6. The fourth-order valence-electron chi connectivity index (χ4n) is 0.774. The maximum Gasteiger partial charge on any atom is 0.0700 e. The first-order valence-corrected chi connectivity index (χ1v) is 4.17. The summed E-state index contributed by atoms with van der Waals surface area (Å²) in [6.45, 7) is 5.32. The van der Waals surface area contributed by atoms with E-state index in [1.54, 1.807) is 13.2 Å². The summed E-state index contributed by atoms with van der Waals surface area (Å²) < 4.78 is 9.96. The lowest BCUT2D eigenvalue weighted by atomic mass is 10.2. The molecule has 72 valence electrons. The molecule has 0 spiro atoms. The van der Waals surface area contributed by atoms with Crippen molar-refractivity contribution in [2.45, 2.75) is 18.9 Å². The highest BCUT2D eigenvalue weighted by molar-refractivity contribution is 4.71. The molecule has 0 bridgehead atoms. The lowest BCUT2D eigenvalue weighted by molar-refractivity contribution is 0.0484. The molecule has 0 saturated heterocycles. The van der Waals surface area contributed by atoms with E-state index in [-0.39, 0.29) is 6.10 Å². The van der Waals surface area contributed by atoms with Crippen LogP contribution < -0.4 is 0 Å². The van der Waals surface area contributed by atoms with Gasteiger partial charge < -0.3 is 14.6 Å². The maximum absolute atomic E-state index is 9.22. The molecule has 1 unspecified atom stereocenters. The Bertz CT molecular complexity index is 104. The lowest BCUT2D eigenvalue weighted by Crippen LogP contribution is -2.11. The van der Waals surface area contributed by atoms with Gasteiger partial charge in [-0.05, 0) is 12.8 Å². The normalized spacial score (nSPS) is 12.8. The molecule has 0 heterocycles. The molecule has 0 aliphatic carbocycles. The number of hydrogen-bond acceptors (Lipinski definition) is 3. The third kappa shape index (κ3) is 7.72. The van der Waals surface area contributed by atoms with Gasteiger partial charge in [0.05, 0.1) is 19.3 Å². The number of aliphatic hydroxyl groups is 1. The first-order valence-electron chi connectivity index (χ1n) is 4.17. The van der Waals surface area contributed by atoms with Gasteiger partial charge in [-0.25, -0.2) is 0 Å². The van der Waals surface area contributed by atoms with Gasteiger partial charge in [0.1, 0.15) is 0 Å². The van der Waals surface area contributed by atoms with Crippen molar-refractivity contribution in [2.75, 3.05) is 26.9 Å². The van der Waals surface area contributed by atoms with Gasteiger partial charge >= 0.3 is 0 Å². The van der Waals surface area contributed by atoms with Crippen LogP contribution in [0.2, 0.25) is 0 Å². The van der Waals surface area contributed by atoms with Crippen molar-refractivity contribution in [3.63, 3.8) is 0 Å². The van der Waals surface area contributed by atoms with Crippen molar-refractivity contribution in [2.24, 2.45) is 0 Å². The second-order valence-electron chi connectivity index (χ2n) is 2.57.